The first kappa shape index (κ1) is 15.7. The van der Waals surface area contributed by atoms with Crippen molar-refractivity contribution in [1.29, 1.82) is 0 Å². The molecule has 1 heterocycles. The Morgan fingerprint density at radius 2 is 1.54 bits per heavy atom. The Morgan fingerprint density at radius 1 is 0.917 bits per heavy atom. The maximum atomic E-state index is 14.6. The fourth-order valence-electron chi connectivity index (χ4n) is 2.09. The van der Waals surface area contributed by atoms with Crippen LogP contribution in [0.15, 0.2) is 60.7 Å². The summed E-state index contributed by atoms with van der Waals surface area (Å²) in [4.78, 5) is 8.25. The van der Waals surface area contributed by atoms with Crippen LogP contribution < -0.4 is 15.4 Å². The second kappa shape index (κ2) is 7.41. The summed E-state index contributed by atoms with van der Waals surface area (Å²) in [5.74, 6) is 0.174. The minimum atomic E-state index is -0.555. The Bertz CT molecular complexity index is 797. The van der Waals surface area contributed by atoms with Crippen molar-refractivity contribution in [2.24, 2.45) is 0 Å². The molecule has 24 heavy (non-hydrogen) atoms. The largest absolute Gasteiger partial charge is 0.424 e. The van der Waals surface area contributed by atoms with Crippen LogP contribution in [0, 0.1) is 5.82 Å². The number of halogens is 1. The SMILES string of the molecule is CCNc1nc(Oc2ccccc2)nc(Nc2ccccc2)c1F. The fraction of sp³-hybridized carbons (Fsp3) is 0.111. The maximum Gasteiger partial charge on any atom is 0.326 e. The molecular weight excluding hydrogens is 307 g/mol. The van der Waals surface area contributed by atoms with Crippen molar-refractivity contribution in [2.45, 2.75) is 6.92 Å². The van der Waals surface area contributed by atoms with Gasteiger partial charge in [0.2, 0.25) is 5.82 Å². The van der Waals surface area contributed by atoms with Gasteiger partial charge in [0.1, 0.15) is 5.75 Å². The molecule has 6 heteroatoms. The first-order valence-corrected chi connectivity index (χ1v) is 7.62. The van der Waals surface area contributed by atoms with Gasteiger partial charge in [0.25, 0.3) is 0 Å². The van der Waals surface area contributed by atoms with E-state index in [4.69, 9.17) is 4.74 Å². The van der Waals surface area contributed by atoms with Gasteiger partial charge >= 0.3 is 6.01 Å². The molecule has 2 N–H and O–H groups in total. The molecule has 0 saturated heterocycles. The van der Waals surface area contributed by atoms with Crippen molar-refractivity contribution in [3.8, 4) is 11.8 Å². The monoisotopic (exact) mass is 324 g/mol. The molecule has 0 aliphatic carbocycles. The zero-order chi connectivity index (χ0) is 16.8. The molecule has 0 atom stereocenters. The standard InChI is InChI=1S/C18H17FN4O/c1-2-20-16-15(19)17(21-13-9-5-3-6-10-13)23-18(22-16)24-14-11-7-4-8-12-14/h3-12H,2H2,1H3,(H2,20,21,22,23). The summed E-state index contributed by atoms with van der Waals surface area (Å²) in [5.41, 5.74) is 0.725. The molecular formula is C18H17FN4O. The first-order valence-electron chi connectivity index (χ1n) is 7.62. The molecule has 122 valence electrons. The molecule has 0 aliphatic heterocycles. The molecule has 1 aromatic heterocycles. The number of hydrogen-bond acceptors (Lipinski definition) is 5. The Kier molecular flexibility index (Phi) is 4.86. The van der Waals surface area contributed by atoms with Gasteiger partial charge in [-0.15, -0.1) is 0 Å². The molecule has 5 nitrogen and oxygen atoms in total. The van der Waals surface area contributed by atoms with E-state index in [1.165, 1.54) is 0 Å². The average Bonchev–Trinajstić information content (AvgIpc) is 2.61. The first-order chi connectivity index (χ1) is 11.8. The molecule has 0 bridgehead atoms. The predicted octanol–water partition coefficient (Wildman–Crippen LogP) is 4.58. The minimum Gasteiger partial charge on any atom is -0.424 e. The molecule has 0 radical (unpaired) electrons. The molecule has 0 aliphatic rings. The van der Waals surface area contributed by atoms with E-state index in [-0.39, 0.29) is 17.6 Å². The number of nitrogens with one attached hydrogen (secondary N) is 2. The van der Waals surface area contributed by atoms with Gasteiger partial charge in [-0.1, -0.05) is 36.4 Å². The van der Waals surface area contributed by atoms with Crippen LogP contribution in [-0.2, 0) is 0 Å². The molecule has 3 aromatic rings. The molecule has 3 rings (SSSR count). The van der Waals surface area contributed by atoms with Crippen LogP contribution >= 0.6 is 0 Å². The van der Waals surface area contributed by atoms with E-state index in [1.54, 1.807) is 12.1 Å². The number of rotatable bonds is 6. The van der Waals surface area contributed by atoms with Crippen LogP contribution in [0.3, 0.4) is 0 Å². The minimum absolute atomic E-state index is 0.0538. The summed E-state index contributed by atoms with van der Waals surface area (Å²) < 4.78 is 20.2. The molecule has 0 amide bonds. The lowest BCUT2D eigenvalue weighted by molar-refractivity contribution is 0.439. The highest BCUT2D eigenvalue weighted by Gasteiger charge is 2.15. The van der Waals surface area contributed by atoms with Gasteiger partial charge in [-0.2, -0.15) is 14.4 Å². The third kappa shape index (κ3) is 3.78. The van der Waals surface area contributed by atoms with E-state index in [0.717, 1.165) is 5.69 Å². The highest BCUT2D eigenvalue weighted by molar-refractivity contribution is 5.60. The van der Waals surface area contributed by atoms with Crippen molar-refractivity contribution in [3.63, 3.8) is 0 Å². The van der Waals surface area contributed by atoms with Gasteiger partial charge in [0, 0.05) is 12.2 Å². The van der Waals surface area contributed by atoms with Gasteiger partial charge in [-0.3, -0.25) is 0 Å². The fourth-order valence-corrected chi connectivity index (χ4v) is 2.09. The number of nitrogens with zero attached hydrogens (tertiary/aromatic N) is 2. The van der Waals surface area contributed by atoms with Crippen molar-refractivity contribution in [2.75, 3.05) is 17.2 Å². The van der Waals surface area contributed by atoms with Gasteiger partial charge in [-0.25, -0.2) is 0 Å². The Labute approximate surface area is 139 Å². The number of anilines is 3. The van der Waals surface area contributed by atoms with E-state index < -0.39 is 5.82 Å². The lowest BCUT2D eigenvalue weighted by Crippen LogP contribution is -2.08. The summed E-state index contributed by atoms with van der Waals surface area (Å²) in [6.07, 6.45) is 0. The summed E-state index contributed by atoms with van der Waals surface area (Å²) in [7, 11) is 0. The summed E-state index contributed by atoms with van der Waals surface area (Å²) in [6.45, 7) is 2.40. The quantitative estimate of drug-likeness (QED) is 0.695. The smallest absolute Gasteiger partial charge is 0.326 e. The van der Waals surface area contributed by atoms with Crippen LogP contribution in [0.2, 0.25) is 0 Å². The second-order valence-corrected chi connectivity index (χ2v) is 4.95. The van der Waals surface area contributed by atoms with Crippen molar-refractivity contribution in [3.05, 3.63) is 66.5 Å². The summed E-state index contributed by atoms with van der Waals surface area (Å²) >= 11 is 0. The van der Waals surface area contributed by atoms with Crippen LogP contribution in [0.5, 0.6) is 11.8 Å². The summed E-state index contributed by atoms with van der Waals surface area (Å²) in [5, 5.41) is 5.83. The van der Waals surface area contributed by atoms with E-state index >= 15 is 0 Å². The number of hydrogen-bond donors (Lipinski definition) is 2. The normalized spacial score (nSPS) is 10.2. The third-order valence-corrected chi connectivity index (χ3v) is 3.16. The predicted molar refractivity (Wildman–Crippen MR) is 92.4 cm³/mol. The lowest BCUT2D eigenvalue weighted by Gasteiger charge is -2.12. The lowest BCUT2D eigenvalue weighted by atomic mass is 10.3. The number of ether oxygens (including phenoxy) is 1. The highest BCUT2D eigenvalue weighted by atomic mass is 19.1. The van der Waals surface area contributed by atoms with Gasteiger partial charge in [-0.05, 0) is 31.2 Å². The summed E-state index contributed by atoms with van der Waals surface area (Å²) in [6, 6.07) is 18.4. The molecule has 0 unspecified atom stereocenters. The van der Waals surface area contributed by atoms with E-state index in [9.17, 15) is 4.39 Å². The number of para-hydroxylation sites is 2. The van der Waals surface area contributed by atoms with Gasteiger partial charge in [0.05, 0.1) is 0 Å². The Hall–Kier alpha value is -3.15. The Balaban J connectivity index is 1.94. The average molecular weight is 324 g/mol. The topological polar surface area (TPSA) is 59.1 Å². The Morgan fingerprint density at radius 3 is 2.21 bits per heavy atom. The molecule has 0 fully saturated rings. The van der Waals surface area contributed by atoms with Crippen LogP contribution in [0.4, 0.5) is 21.7 Å². The van der Waals surface area contributed by atoms with Crippen molar-refractivity contribution < 1.29 is 9.13 Å². The maximum absolute atomic E-state index is 14.6. The van der Waals surface area contributed by atoms with E-state index in [1.807, 2.05) is 55.5 Å². The zero-order valence-corrected chi connectivity index (χ0v) is 13.2. The highest BCUT2D eigenvalue weighted by Crippen LogP contribution is 2.27. The molecule has 0 spiro atoms. The van der Waals surface area contributed by atoms with Crippen molar-refractivity contribution in [1.82, 2.24) is 9.97 Å². The van der Waals surface area contributed by atoms with E-state index in [2.05, 4.69) is 20.6 Å². The van der Waals surface area contributed by atoms with Gasteiger partial charge < -0.3 is 15.4 Å². The second-order valence-electron chi connectivity index (χ2n) is 4.95. The third-order valence-electron chi connectivity index (χ3n) is 3.16. The zero-order valence-electron chi connectivity index (χ0n) is 13.2. The number of benzene rings is 2. The molecule has 2 aromatic carbocycles. The number of aromatic nitrogens is 2. The van der Waals surface area contributed by atoms with Crippen LogP contribution in [-0.4, -0.2) is 16.5 Å². The van der Waals surface area contributed by atoms with E-state index in [0.29, 0.717) is 12.3 Å². The van der Waals surface area contributed by atoms with Gasteiger partial charge in [0.15, 0.2) is 11.6 Å². The molecule has 0 saturated carbocycles. The van der Waals surface area contributed by atoms with Crippen LogP contribution in [0.25, 0.3) is 0 Å². The van der Waals surface area contributed by atoms with Crippen LogP contribution in [0.1, 0.15) is 6.92 Å². The van der Waals surface area contributed by atoms with Crippen molar-refractivity contribution >= 4 is 17.3 Å².